The van der Waals surface area contributed by atoms with E-state index in [1.54, 1.807) is 18.2 Å². The fraction of sp³-hybridized carbons (Fsp3) is 0.444. The highest BCUT2D eigenvalue weighted by molar-refractivity contribution is 7.89. The lowest BCUT2D eigenvalue weighted by molar-refractivity contribution is -0.142. The second-order valence-corrected chi connectivity index (χ2v) is 8.39. The number of nitrogens with zero attached hydrogens (tertiary/aromatic N) is 1. The maximum atomic E-state index is 13.2. The topological polar surface area (TPSA) is 108 Å². The Morgan fingerprint density at radius 1 is 1.25 bits per heavy atom. The van der Waals surface area contributed by atoms with Gasteiger partial charge in [0.1, 0.15) is 0 Å². The minimum Gasteiger partial charge on any atom is -0.493 e. The number of hydrogen-bond donors (Lipinski definition) is 0. The van der Waals surface area contributed by atoms with Crippen molar-refractivity contribution < 1.29 is 37.0 Å². The Morgan fingerprint density at radius 3 is 2.39 bits per heavy atom. The van der Waals surface area contributed by atoms with Crippen molar-refractivity contribution in [1.82, 2.24) is 4.31 Å². The van der Waals surface area contributed by atoms with E-state index in [0.29, 0.717) is 11.3 Å². The zero-order valence-electron chi connectivity index (χ0n) is 16.6. The molecule has 0 aliphatic carbocycles. The maximum Gasteiger partial charge on any atom is 0.308 e. The highest BCUT2D eigenvalue weighted by Crippen LogP contribution is 2.46. The van der Waals surface area contributed by atoms with Gasteiger partial charge in [0.25, 0.3) is 11.7 Å². The van der Waals surface area contributed by atoms with Crippen LogP contribution in [0.1, 0.15) is 26.3 Å². The lowest BCUT2D eigenvalue weighted by Crippen LogP contribution is -2.34. The van der Waals surface area contributed by atoms with E-state index in [1.165, 1.54) is 35.1 Å². The molecule has 0 bridgehead atoms. The summed E-state index contributed by atoms with van der Waals surface area (Å²) >= 11 is 0. The first kappa shape index (κ1) is 21.5. The second kappa shape index (κ2) is 7.70. The molecule has 1 aliphatic rings. The molecule has 0 spiro atoms. The van der Waals surface area contributed by atoms with Crippen LogP contribution < -0.4 is 9.47 Å². The van der Waals surface area contributed by atoms with Crippen LogP contribution in [-0.4, -0.2) is 51.5 Å². The third-order valence-electron chi connectivity index (χ3n) is 4.37. The van der Waals surface area contributed by atoms with E-state index < -0.39 is 33.1 Å². The first-order valence-corrected chi connectivity index (χ1v) is 9.99. The highest BCUT2D eigenvalue weighted by atomic mass is 32.2. The van der Waals surface area contributed by atoms with Gasteiger partial charge in [-0.1, -0.05) is 12.1 Å². The number of ether oxygens (including phenoxy) is 4. The molecule has 1 aromatic carbocycles. The van der Waals surface area contributed by atoms with Crippen LogP contribution >= 0.6 is 0 Å². The van der Waals surface area contributed by atoms with Crippen molar-refractivity contribution in [2.75, 3.05) is 27.0 Å². The fourth-order valence-corrected chi connectivity index (χ4v) is 3.56. The molecule has 0 saturated carbocycles. The first-order valence-electron chi connectivity index (χ1n) is 8.38. The summed E-state index contributed by atoms with van der Waals surface area (Å²) in [4.78, 5) is 24.7. The average Bonchev–Trinajstić information content (AvgIpc) is 2.91. The number of para-hydroxylation sites is 1. The SMILES string of the molecule is CCS(=O)(=O)N(C)C1=C(OC(C)=O)C(=O)C(C)(c2cccc(OC)c2OC)O1. The standard InChI is InChI=1S/C18H23NO8S/c1-7-28(22,23)19(4)17-15(26-11(2)20)16(21)18(3,27-17)12-9-8-10-13(24-5)14(12)25-6/h8-10H,7H2,1-6H3. The summed E-state index contributed by atoms with van der Waals surface area (Å²) in [6, 6.07) is 4.86. The Balaban J connectivity index is 2.66. The Morgan fingerprint density at radius 2 is 1.89 bits per heavy atom. The monoisotopic (exact) mass is 413 g/mol. The molecule has 10 heteroatoms. The van der Waals surface area contributed by atoms with Crippen LogP contribution in [0.3, 0.4) is 0 Å². The number of methoxy groups -OCH3 is 2. The summed E-state index contributed by atoms with van der Waals surface area (Å²) in [6.07, 6.45) is 0. The first-order chi connectivity index (χ1) is 13.0. The number of sulfonamides is 1. The molecule has 0 aromatic heterocycles. The highest BCUT2D eigenvalue weighted by Gasteiger charge is 2.53. The molecule has 28 heavy (non-hydrogen) atoms. The van der Waals surface area contributed by atoms with E-state index in [1.807, 2.05) is 0 Å². The third kappa shape index (κ3) is 3.51. The van der Waals surface area contributed by atoms with Crippen LogP contribution in [0.25, 0.3) is 0 Å². The minimum absolute atomic E-state index is 0.239. The molecular weight excluding hydrogens is 390 g/mol. The second-order valence-electron chi connectivity index (χ2n) is 6.10. The number of carbonyl (C=O) groups excluding carboxylic acids is 2. The van der Waals surface area contributed by atoms with Gasteiger partial charge in [-0.3, -0.25) is 9.59 Å². The van der Waals surface area contributed by atoms with E-state index in [0.717, 1.165) is 11.2 Å². The molecule has 2 rings (SSSR count). The predicted molar refractivity (Wildman–Crippen MR) is 99.0 cm³/mol. The predicted octanol–water partition coefficient (Wildman–Crippen LogP) is 1.53. The number of hydrogen-bond acceptors (Lipinski definition) is 8. The number of rotatable bonds is 7. The lowest BCUT2D eigenvalue weighted by Gasteiger charge is -2.28. The third-order valence-corrected chi connectivity index (χ3v) is 6.10. The Hall–Kier alpha value is -2.75. The Bertz CT molecular complexity index is 937. The van der Waals surface area contributed by atoms with Crippen molar-refractivity contribution in [3.63, 3.8) is 0 Å². The zero-order valence-corrected chi connectivity index (χ0v) is 17.4. The van der Waals surface area contributed by atoms with Gasteiger partial charge in [-0.25, -0.2) is 12.7 Å². The van der Waals surface area contributed by atoms with Gasteiger partial charge in [0.2, 0.25) is 21.4 Å². The summed E-state index contributed by atoms with van der Waals surface area (Å²) in [5, 5.41) is 0. The molecule has 1 unspecified atom stereocenters. The molecule has 1 atom stereocenters. The summed E-state index contributed by atoms with van der Waals surface area (Å²) in [7, 11) is 0.281. The van der Waals surface area contributed by atoms with E-state index in [9.17, 15) is 18.0 Å². The van der Waals surface area contributed by atoms with Crippen molar-refractivity contribution in [3.8, 4) is 11.5 Å². The van der Waals surface area contributed by atoms with Crippen LogP contribution in [0.15, 0.2) is 29.8 Å². The molecule has 0 N–H and O–H groups in total. The fourth-order valence-electron chi connectivity index (χ4n) is 2.80. The summed E-state index contributed by atoms with van der Waals surface area (Å²) in [5.41, 5.74) is -1.40. The van der Waals surface area contributed by atoms with Gasteiger partial charge in [0.05, 0.1) is 20.0 Å². The van der Waals surface area contributed by atoms with Crippen LogP contribution in [0.2, 0.25) is 0 Å². The quantitative estimate of drug-likeness (QED) is 0.619. The smallest absolute Gasteiger partial charge is 0.308 e. The molecular formula is C18H23NO8S. The van der Waals surface area contributed by atoms with E-state index in [4.69, 9.17) is 18.9 Å². The number of Topliss-reactive ketones (excluding diaryl/α,β-unsaturated/α-hetero) is 1. The van der Waals surface area contributed by atoms with Crippen molar-refractivity contribution in [1.29, 1.82) is 0 Å². The summed E-state index contributed by atoms with van der Waals surface area (Å²) in [5.74, 6) is -2.00. The maximum absolute atomic E-state index is 13.2. The van der Waals surface area contributed by atoms with Crippen molar-refractivity contribution >= 4 is 21.8 Å². The van der Waals surface area contributed by atoms with E-state index in [2.05, 4.69) is 0 Å². The van der Waals surface area contributed by atoms with Gasteiger partial charge >= 0.3 is 5.97 Å². The molecule has 0 radical (unpaired) electrons. The molecule has 1 aromatic rings. The summed E-state index contributed by atoms with van der Waals surface area (Å²) < 4.78 is 46.9. The van der Waals surface area contributed by atoms with Crippen molar-refractivity contribution in [3.05, 3.63) is 35.4 Å². The molecule has 1 heterocycles. The molecule has 154 valence electrons. The van der Waals surface area contributed by atoms with Crippen molar-refractivity contribution in [2.24, 2.45) is 0 Å². The number of ketones is 1. The molecule has 0 saturated heterocycles. The minimum atomic E-state index is -3.78. The Labute approximate surface area is 163 Å². The summed E-state index contributed by atoms with van der Waals surface area (Å²) in [6.45, 7) is 3.99. The molecule has 1 aliphatic heterocycles. The molecule has 9 nitrogen and oxygen atoms in total. The molecule has 0 amide bonds. The Kier molecular flexibility index (Phi) is 5.93. The number of carbonyl (C=O) groups is 2. The largest absolute Gasteiger partial charge is 0.493 e. The zero-order chi connectivity index (χ0) is 21.3. The van der Waals surface area contributed by atoms with Gasteiger partial charge in [-0.05, 0) is 19.9 Å². The molecule has 0 fully saturated rings. The average molecular weight is 413 g/mol. The number of benzene rings is 1. The van der Waals surface area contributed by atoms with Gasteiger partial charge in [-0.15, -0.1) is 0 Å². The van der Waals surface area contributed by atoms with Gasteiger partial charge < -0.3 is 18.9 Å². The normalized spacial score (nSPS) is 19.3. The van der Waals surface area contributed by atoms with Crippen LogP contribution in [0, 0.1) is 0 Å². The van der Waals surface area contributed by atoms with Crippen LogP contribution in [-0.2, 0) is 34.7 Å². The lowest BCUT2D eigenvalue weighted by atomic mass is 9.90. The van der Waals surface area contributed by atoms with Crippen molar-refractivity contribution in [2.45, 2.75) is 26.4 Å². The van der Waals surface area contributed by atoms with Crippen LogP contribution in [0.4, 0.5) is 0 Å². The van der Waals surface area contributed by atoms with Crippen LogP contribution in [0.5, 0.6) is 11.5 Å². The van der Waals surface area contributed by atoms with Gasteiger partial charge in [-0.2, -0.15) is 0 Å². The van der Waals surface area contributed by atoms with E-state index in [-0.39, 0.29) is 17.4 Å². The van der Waals surface area contributed by atoms with Gasteiger partial charge in [0, 0.05) is 19.5 Å². The van der Waals surface area contributed by atoms with Gasteiger partial charge in [0.15, 0.2) is 11.5 Å². The van der Waals surface area contributed by atoms with E-state index >= 15 is 0 Å². The number of esters is 1.